The maximum atomic E-state index is 12.0. The Morgan fingerprint density at radius 3 is 2.83 bits per heavy atom. The lowest BCUT2D eigenvalue weighted by atomic mass is 9.93. The molecule has 0 bridgehead atoms. The van der Waals surface area contributed by atoms with Crippen LogP contribution < -0.4 is 10.6 Å². The number of fused-ring (bicyclic) bond motifs is 1. The van der Waals surface area contributed by atoms with E-state index in [9.17, 15) is 4.79 Å². The van der Waals surface area contributed by atoms with Crippen molar-refractivity contribution in [3.05, 3.63) is 35.4 Å². The van der Waals surface area contributed by atoms with E-state index in [2.05, 4.69) is 39.8 Å². The van der Waals surface area contributed by atoms with Crippen LogP contribution in [0.5, 0.6) is 0 Å². The number of amides is 1. The summed E-state index contributed by atoms with van der Waals surface area (Å²) in [5.74, 6) is 0.960. The molecule has 1 saturated heterocycles. The van der Waals surface area contributed by atoms with E-state index >= 15 is 0 Å². The lowest BCUT2D eigenvalue weighted by Crippen LogP contribution is -2.38. The van der Waals surface area contributed by atoms with Crippen LogP contribution in [0.3, 0.4) is 0 Å². The molecule has 1 aromatic carbocycles. The Hall–Kier alpha value is -1.39. The third-order valence-corrected chi connectivity index (χ3v) is 5.20. The zero-order valence-corrected chi connectivity index (χ0v) is 14.0. The average molecular weight is 315 g/mol. The molecule has 2 N–H and O–H groups in total. The molecule has 1 fully saturated rings. The maximum Gasteiger partial charge on any atom is 0.220 e. The fraction of sp³-hybridized carbons (Fsp3) is 0.632. The lowest BCUT2D eigenvalue weighted by molar-refractivity contribution is -0.121. The Bertz CT molecular complexity index is 511. The van der Waals surface area contributed by atoms with Crippen molar-refractivity contribution in [1.29, 1.82) is 0 Å². The first-order valence-corrected chi connectivity index (χ1v) is 9.08. The van der Waals surface area contributed by atoms with Crippen LogP contribution in [-0.4, -0.2) is 43.5 Å². The third kappa shape index (κ3) is 5.05. The first-order chi connectivity index (χ1) is 11.3. The molecule has 126 valence electrons. The predicted octanol–water partition coefficient (Wildman–Crippen LogP) is 1.94. The molecule has 0 spiro atoms. The normalized spacial score (nSPS) is 19.3. The summed E-state index contributed by atoms with van der Waals surface area (Å²) >= 11 is 0. The first kappa shape index (κ1) is 16.5. The zero-order chi connectivity index (χ0) is 15.9. The molecule has 0 aliphatic carbocycles. The molecule has 0 aromatic heterocycles. The Morgan fingerprint density at radius 2 is 2.00 bits per heavy atom. The molecular formula is C19H29N3O. The summed E-state index contributed by atoms with van der Waals surface area (Å²) in [5, 5.41) is 6.47. The summed E-state index contributed by atoms with van der Waals surface area (Å²) in [6.45, 7) is 6.06. The van der Waals surface area contributed by atoms with Gasteiger partial charge in [-0.25, -0.2) is 0 Å². The van der Waals surface area contributed by atoms with Gasteiger partial charge in [0, 0.05) is 32.6 Å². The highest BCUT2D eigenvalue weighted by Gasteiger charge is 2.16. The quantitative estimate of drug-likeness (QED) is 0.843. The van der Waals surface area contributed by atoms with Gasteiger partial charge in [-0.05, 0) is 55.8 Å². The van der Waals surface area contributed by atoms with Crippen LogP contribution in [0, 0.1) is 5.92 Å². The highest BCUT2D eigenvalue weighted by Crippen LogP contribution is 2.18. The summed E-state index contributed by atoms with van der Waals surface area (Å²) in [6, 6.07) is 8.69. The smallest absolute Gasteiger partial charge is 0.220 e. The Morgan fingerprint density at radius 1 is 1.22 bits per heavy atom. The minimum atomic E-state index is 0.223. The van der Waals surface area contributed by atoms with E-state index in [1.54, 1.807) is 0 Å². The molecule has 0 saturated carbocycles. The number of hydrogen-bond acceptors (Lipinski definition) is 3. The second-order valence-corrected chi connectivity index (χ2v) is 6.88. The largest absolute Gasteiger partial charge is 0.355 e. The third-order valence-electron chi connectivity index (χ3n) is 5.20. The number of nitrogens with zero attached hydrogens (tertiary/aromatic N) is 1. The fourth-order valence-electron chi connectivity index (χ4n) is 3.69. The number of carbonyl (C=O) groups is 1. The van der Waals surface area contributed by atoms with Crippen molar-refractivity contribution < 1.29 is 4.79 Å². The minimum absolute atomic E-state index is 0.223. The first-order valence-electron chi connectivity index (χ1n) is 9.08. The average Bonchev–Trinajstić information content (AvgIpc) is 2.61. The zero-order valence-electron chi connectivity index (χ0n) is 14.0. The number of rotatable bonds is 6. The second-order valence-electron chi connectivity index (χ2n) is 6.88. The van der Waals surface area contributed by atoms with Gasteiger partial charge in [0.05, 0.1) is 0 Å². The molecule has 2 heterocycles. The fourth-order valence-corrected chi connectivity index (χ4v) is 3.69. The molecule has 1 aromatic rings. The van der Waals surface area contributed by atoms with Gasteiger partial charge < -0.3 is 10.6 Å². The van der Waals surface area contributed by atoms with Crippen molar-refractivity contribution in [3.63, 3.8) is 0 Å². The van der Waals surface area contributed by atoms with Crippen molar-refractivity contribution in [1.82, 2.24) is 15.5 Å². The predicted molar refractivity (Wildman–Crippen MR) is 93.3 cm³/mol. The van der Waals surface area contributed by atoms with Crippen molar-refractivity contribution in [2.24, 2.45) is 5.92 Å². The molecule has 0 unspecified atom stereocenters. The highest BCUT2D eigenvalue weighted by molar-refractivity contribution is 5.75. The van der Waals surface area contributed by atoms with Gasteiger partial charge in [0.1, 0.15) is 0 Å². The molecule has 3 rings (SSSR count). The summed E-state index contributed by atoms with van der Waals surface area (Å²) in [6.07, 6.45) is 5.30. The van der Waals surface area contributed by atoms with Gasteiger partial charge in [0.15, 0.2) is 0 Å². The highest BCUT2D eigenvalue weighted by atomic mass is 16.1. The van der Waals surface area contributed by atoms with Crippen LogP contribution in [0.25, 0.3) is 0 Å². The molecule has 2 aliphatic rings. The number of piperidine rings is 1. The molecule has 4 nitrogen and oxygen atoms in total. The van der Waals surface area contributed by atoms with Crippen molar-refractivity contribution in [2.45, 2.75) is 38.6 Å². The van der Waals surface area contributed by atoms with Crippen LogP contribution in [0.1, 0.15) is 36.8 Å². The number of benzene rings is 1. The van der Waals surface area contributed by atoms with Gasteiger partial charge in [0.2, 0.25) is 5.91 Å². The van der Waals surface area contributed by atoms with Crippen molar-refractivity contribution in [3.8, 4) is 0 Å². The van der Waals surface area contributed by atoms with Crippen LogP contribution in [0.4, 0.5) is 0 Å². The second kappa shape index (κ2) is 8.46. The van der Waals surface area contributed by atoms with Crippen molar-refractivity contribution >= 4 is 5.91 Å². The lowest BCUT2D eigenvalue weighted by Gasteiger charge is -2.28. The number of hydrogen-bond donors (Lipinski definition) is 2. The van der Waals surface area contributed by atoms with Crippen LogP contribution >= 0.6 is 0 Å². The monoisotopic (exact) mass is 315 g/mol. The van der Waals surface area contributed by atoms with E-state index in [1.807, 2.05) is 0 Å². The number of nitrogens with one attached hydrogen (secondary N) is 2. The molecule has 23 heavy (non-hydrogen) atoms. The maximum absolute atomic E-state index is 12.0. The summed E-state index contributed by atoms with van der Waals surface area (Å²) in [5.41, 5.74) is 2.92. The summed E-state index contributed by atoms with van der Waals surface area (Å²) in [4.78, 5) is 14.4. The van der Waals surface area contributed by atoms with Gasteiger partial charge in [-0.2, -0.15) is 0 Å². The molecule has 2 aliphatic heterocycles. The van der Waals surface area contributed by atoms with E-state index in [-0.39, 0.29) is 5.91 Å². The van der Waals surface area contributed by atoms with Crippen LogP contribution in [0.2, 0.25) is 0 Å². The van der Waals surface area contributed by atoms with E-state index in [0.717, 1.165) is 58.0 Å². The van der Waals surface area contributed by atoms with Crippen LogP contribution in [0.15, 0.2) is 24.3 Å². The van der Waals surface area contributed by atoms with E-state index < -0.39 is 0 Å². The van der Waals surface area contributed by atoms with E-state index in [1.165, 1.54) is 24.0 Å². The molecule has 1 amide bonds. The van der Waals surface area contributed by atoms with Gasteiger partial charge >= 0.3 is 0 Å². The van der Waals surface area contributed by atoms with E-state index in [4.69, 9.17) is 0 Å². The van der Waals surface area contributed by atoms with Gasteiger partial charge in [-0.3, -0.25) is 9.69 Å². The van der Waals surface area contributed by atoms with Gasteiger partial charge in [-0.1, -0.05) is 24.3 Å². The Balaban J connectivity index is 1.31. The molecule has 0 radical (unpaired) electrons. The SMILES string of the molecule is O=C(CCC1CCNCC1)NCCN1CCc2ccccc2C1. The minimum Gasteiger partial charge on any atom is -0.355 e. The van der Waals surface area contributed by atoms with Crippen LogP contribution in [-0.2, 0) is 17.8 Å². The van der Waals surface area contributed by atoms with Crippen molar-refractivity contribution in [2.75, 3.05) is 32.7 Å². The summed E-state index contributed by atoms with van der Waals surface area (Å²) < 4.78 is 0. The topological polar surface area (TPSA) is 44.4 Å². The Kier molecular flexibility index (Phi) is 6.06. The standard InChI is InChI=1S/C19H29N3O/c23-19(6-5-16-7-10-20-11-8-16)21-12-14-22-13-9-17-3-1-2-4-18(17)15-22/h1-4,16,20H,5-15H2,(H,21,23). The van der Waals surface area contributed by atoms with Gasteiger partial charge in [-0.15, -0.1) is 0 Å². The van der Waals surface area contributed by atoms with Gasteiger partial charge in [0.25, 0.3) is 0 Å². The Labute approximate surface area is 139 Å². The summed E-state index contributed by atoms with van der Waals surface area (Å²) in [7, 11) is 0. The number of carbonyl (C=O) groups excluding carboxylic acids is 1. The molecule has 4 heteroatoms. The van der Waals surface area contributed by atoms with E-state index in [0.29, 0.717) is 6.42 Å². The molecular weight excluding hydrogens is 286 g/mol. The molecule has 0 atom stereocenters.